The summed E-state index contributed by atoms with van der Waals surface area (Å²) in [5, 5.41) is 17.7. The fraction of sp³-hybridized carbons (Fsp3) is 0.241. The van der Waals surface area contributed by atoms with Gasteiger partial charge in [0.2, 0.25) is 0 Å². The van der Waals surface area contributed by atoms with E-state index in [2.05, 4.69) is 16.0 Å². The Labute approximate surface area is 237 Å². The van der Waals surface area contributed by atoms with Gasteiger partial charge < -0.3 is 40.2 Å². The van der Waals surface area contributed by atoms with Crippen molar-refractivity contribution in [3.63, 3.8) is 0 Å². The van der Waals surface area contributed by atoms with Gasteiger partial charge >= 0.3 is 12.1 Å². The number of aliphatic hydroxyl groups excluding tert-OH is 1. The zero-order valence-corrected chi connectivity index (χ0v) is 23.0. The first kappa shape index (κ1) is 28.6. The minimum atomic E-state index is -0.394. The number of carbonyl (C=O) groups is 2. The van der Waals surface area contributed by atoms with Crippen molar-refractivity contribution >= 4 is 46.3 Å². The third-order valence-electron chi connectivity index (χ3n) is 6.16. The molecule has 0 unspecified atom stereocenters. The summed E-state index contributed by atoms with van der Waals surface area (Å²) in [6.45, 7) is 1.06. The zero-order chi connectivity index (χ0) is 28.5. The molecule has 3 aromatic carbocycles. The molecule has 4 amide bonds. The number of anilines is 3. The number of amides is 4. The van der Waals surface area contributed by atoms with Crippen molar-refractivity contribution in [2.45, 2.75) is 6.42 Å². The van der Waals surface area contributed by atoms with Crippen LogP contribution in [0.3, 0.4) is 0 Å². The number of nitrogens with one attached hydrogen (secondary N) is 3. The first-order chi connectivity index (χ1) is 19.4. The lowest BCUT2D eigenvalue weighted by atomic mass is 9.99. The molecular weight excluding hydrogens is 536 g/mol. The molecule has 11 heteroatoms. The topological polar surface area (TPSA) is 121 Å². The summed E-state index contributed by atoms with van der Waals surface area (Å²) >= 11 is 6.28. The fourth-order valence-corrected chi connectivity index (χ4v) is 4.32. The van der Waals surface area contributed by atoms with Crippen LogP contribution in [-0.4, -0.2) is 62.6 Å². The molecule has 0 atom stereocenters. The number of hydrogen-bond acceptors (Lipinski definition) is 6. The van der Waals surface area contributed by atoms with E-state index in [4.69, 9.17) is 30.9 Å². The Balaban J connectivity index is 1.30. The molecule has 0 spiro atoms. The van der Waals surface area contributed by atoms with Gasteiger partial charge in [0.15, 0.2) is 0 Å². The van der Waals surface area contributed by atoms with Gasteiger partial charge in [-0.25, -0.2) is 9.59 Å². The van der Waals surface area contributed by atoms with Crippen LogP contribution in [0.15, 0.2) is 66.7 Å². The minimum Gasteiger partial charge on any atom is -0.497 e. The summed E-state index contributed by atoms with van der Waals surface area (Å²) in [7, 11) is 3.09. The van der Waals surface area contributed by atoms with E-state index in [1.54, 1.807) is 55.5 Å². The van der Waals surface area contributed by atoms with Crippen LogP contribution in [0.1, 0.15) is 12.0 Å². The number of carbonyl (C=O) groups excluding carboxylic acids is 2. The molecule has 3 aromatic rings. The quantitative estimate of drug-likeness (QED) is 0.264. The molecular formula is C29H31ClN4O6. The number of ether oxygens (including phenoxy) is 3. The normalized spacial score (nSPS) is 12.7. The van der Waals surface area contributed by atoms with Gasteiger partial charge in [0.05, 0.1) is 31.5 Å². The number of benzene rings is 3. The van der Waals surface area contributed by atoms with Crippen LogP contribution in [0.25, 0.3) is 5.57 Å². The van der Waals surface area contributed by atoms with Crippen molar-refractivity contribution in [1.82, 2.24) is 4.90 Å². The maximum absolute atomic E-state index is 12.8. The van der Waals surface area contributed by atoms with Gasteiger partial charge in [0.25, 0.3) is 0 Å². The molecule has 0 aromatic heterocycles. The molecule has 0 fully saturated rings. The predicted molar refractivity (Wildman–Crippen MR) is 156 cm³/mol. The second-order valence-electron chi connectivity index (χ2n) is 8.83. The second-order valence-corrected chi connectivity index (χ2v) is 9.23. The molecule has 1 heterocycles. The molecule has 0 radical (unpaired) electrons. The van der Waals surface area contributed by atoms with Gasteiger partial charge in [-0.15, -0.1) is 0 Å². The van der Waals surface area contributed by atoms with Crippen molar-refractivity contribution in [3.05, 3.63) is 77.3 Å². The van der Waals surface area contributed by atoms with Gasteiger partial charge in [-0.3, -0.25) is 0 Å². The summed E-state index contributed by atoms with van der Waals surface area (Å²) in [5.41, 5.74) is 3.79. The summed E-state index contributed by atoms with van der Waals surface area (Å²) in [5.74, 6) is 1.65. The van der Waals surface area contributed by atoms with Crippen LogP contribution in [0.5, 0.6) is 17.2 Å². The standard InChI is InChI=1S/C29H31ClN4O6/c1-38-24-15-22(16-25(17-24)39-2)32-28(36)31-21-5-3-19(4-6-21)20-9-11-34(12-10-20)29(37)33-27-8-7-23(18-26(27)30)40-14-13-35/h3-9,15-18,35H,10-14H2,1-2H3,(H,33,37)(H2,31,32,36). The van der Waals surface area contributed by atoms with Crippen LogP contribution < -0.4 is 30.2 Å². The smallest absolute Gasteiger partial charge is 0.323 e. The van der Waals surface area contributed by atoms with Crippen LogP contribution in [0.4, 0.5) is 26.7 Å². The van der Waals surface area contributed by atoms with Crippen molar-refractivity contribution in [3.8, 4) is 17.2 Å². The van der Waals surface area contributed by atoms with E-state index in [1.807, 2.05) is 30.3 Å². The summed E-state index contributed by atoms with van der Waals surface area (Å²) in [6.07, 6.45) is 2.70. The third-order valence-corrected chi connectivity index (χ3v) is 6.47. The van der Waals surface area contributed by atoms with Gasteiger partial charge in [0, 0.05) is 48.7 Å². The van der Waals surface area contributed by atoms with Crippen LogP contribution >= 0.6 is 11.6 Å². The summed E-state index contributed by atoms with van der Waals surface area (Å²) < 4.78 is 15.8. The first-order valence-electron chi connectivity index (χ1n) is 12.6. The molecule has 4 N–H and O–H groups in total. The number of nitrogens with zero attached hydrogens (tertiary/aromatic N) is 1. The highest BCUT2D eigenvalue weighted by molar-refractivity contribution is 6.33. The van der Waals surface area contributed by atoms with Crippen molar-refractivity contribution < 1.29 is 28.9 Å². The Hall–Kier alpha value is -4.41. The molecule has 210 valence electrons. The molecule has 1 aliphatic rings. The Morgan fingerprint density at radius 2 is 1.60 bits per heavy atom. The monoisotopic (exact) mass is 566 g/mol. The predicted octanol–water partition coefficient (Wildman–Crippen LogP) is 5.69. The number of urea groups is 2. The Bertz CT molecular complexity index is 1360. The number of rotatable bonds is 9. The maximum atomic E-state index is 12.8. The average Bonchev–Trinajstić information content (AvgIpc) is 2.97. The lowest BCUT2D eigenvalue weighted by Crippen LogP contribution is -2.37. The van der Waals surface area contributed by atoms with E-state index < -0.39 is 6.03 Å². The fourth-order valence-electron chi connectivity index (χ4n) is 4.10. The SMILES string of the molecule is COc1cc(NC(=O)Nc2ccc(C3=CCN(C(=O)Nc4ccc(OCCO)cc4Cl)CC3)cc2)cc(OC)c1. The van der Waals surface area contributed by atoms with Gasteiger partial charge in [-0.2, -0.15) is 0 Å². The van der Waals surface area contributed by atoms with Crippen molar-refractivity contribution in [2.75, 3.05) is 56.5 Å². The van der Waals surface area contributed by atoms with E-state index in [0.29, 0.717) is 58.8 Å². The lowest BCUT2D eigenvalue weighted by molar-refractivity contribution is 0.201. The van der Waals surface area contributed by atoms with Crippen molar-refractivity contribution in [1.29, 1.82) is 0 Å². The highest BCUT2D eigenvalue weighted by atomic mass is 35.5. The first-order valence-corrected chi connectivity index (χ1v) is 13.0. The molecule has 40 heavy (non-hydrogen) atoms. The molecule has 0 bridgehead atoms. The van der Waals surface area contributed by atoms with Crippen LogP contribution in [-0.2, 0) is 0 Å². The van der Waals surface area contributed by atoms with E-state index in [9.17, 15) is 9.59 Å². The Morgan fingerprint density at radius 3 is 2.20 bits per heavy atom. The number of halogens is 1. The third kappa shape index (κ3) is 7.58. The van der Waals surface area contributed by atoms with Crippen molar-refractivity contribution in [2.24, 2.45) is 0 Å². The maximum Gasteiger partial charge on any atom is 0.323 e. The largest absolute Gasteiger partial charge is 0.497 e. The number of aliphatic hydroxyl groups is 1. The minimum absolute atomic E-state index is 0.0971. The van der Waals surface area contributed by atoms with E-state index in [1.165, 1.54) is 0 Å². The van der Waals surface area contributed by atoms with Crippen LogP contribution in [0, 0.1) is 0 Å². The molecule has 1 aliphatic heterocycles. The summed E-state index contributed by atoms with van der Waals surface area (Å²) in [6, 6.07) is 17.0. The van der Waals surface area contributed by atoms with E-state index >= 15 is 0 Å². The lowest BCUT2D eigenvalue weighted by Gasteiger charge is -2.27. The van der Waals surface area contributed by atoms with Crippen LogP contribution in [0.2, 0.25) is 5.02 Å². The van der Waals surface area contributed by atoms with E-state index in [-0.39, 0.29) is 19.2 Å². The molecule has 4 rings (SSSR count). The number of methoxy groups -OCH3 is 2. The molecule has 0 aliphatic carbocycles. The number of hydrogen-bond donors (Lipinski definition) is 4. The highest BCUT2D eigenvalue weighted by Crippen LogP contribution is 2.29. The van der Waals surface area contributed by atoms with Gasteiger partial charge in [-0.05, 0) is 41.8 Å². The Morgan fingerprint density at radius 1 is 0.900 bits per heavy atom. The molecule has 0 saturated carbocycles. The van der Waals surface area contributed by atoms with Gasteiger partial charge in [-0.1, -0.05) is 29.8 Å². The Kier molecular flexibility index (Phi) is 9.71. The zero-order valence-electron chi connectivity index (χ0n) is 22.2. The second kappa shape index (κ2) is 13.6. The molecule has 0 saturated heterocycles. The van der Waals surface area contributed by atoms with E-state index in [0.717, 1.165) is 11.1 Å². The highest BCUT2D eigenvalue weighted by Gasteiger charge is 2.19. The van der Waals surface area contributed by atoms with Gasteiger partial charge in [0.1, 0.15) is 23.9 Å². The average molecular weight is 567 g/mol. The summed E-state index contributed by atoms with van der Waals surface area (Å²) in [4.78, 5) is 27.0. The molecule has 10 nitrogen and oxygen atoms in total.